The van der Waals surface area contributed by atoms with E-state index < -0.39 is 29.5 Å². The molecule has 0 amide bonds. The second-order valence-electron chi connectivity index (χ2n) is 9.68. The minimum absolute atomic E-state index is 0.0826. The van der Waals surface area contributed by atoms with Crippen LogP contribution in [0.5, 0.6) is 5.88 Å². The Balaban J connectivity index is 1.37. The lowest BCUT2D eigenvalue weighted by Crippen LogP contribution is -2.27. The average Bonchev–Trinajstić information content (AvgIpc) is 3.24. The van der Waals surface area contributed by atoms with Crippen molar-refractivity contribution >= 4 is 22.3 Å². The van der Waals surface area contributed by atoms with Crippen LogP contribution in [0.15, 0.2) is 30.6 Å². The molecule has 37 heavy (non-hydrogen) atoms. The Morgan fingerprint density at radius 3 is 2.62 bits per heavy atom. The van der Waals surface area contributed by atoms with E-state index >= 15 is 0 Å². The zero-order valence-electron chi connectivity index (χ0n) is 20.9. The summed E-state index contributed by atoms with van der Waals surface area (Å²) < 4.78 is 61.2. The van der Waals surface area contributed by atoms with Gasteiger partial charge in [0, 0.05) is 43.5 Å². The second-order valence-corrected chi connectivity index (χ2v) is 9.68. The summed E-state index contributed by atoms with van der Waals surface area (Å²) in [5, 5.41) is 9.32. The average molecular weight is 519 g/mol. The smallest absolute Gasteiger partial charge is 0.419 e. The van der Waals surface area contributed by atoms with E-state index in [-0.39, 0.29) is 6.04 Å². The van der Waals surface area contributed by atoms with Crippen molar-refractivity contribution in [2.45, 2.75) is 57.3 Å². The topological polar surface area (TPSA) is 68.1 Å². The summed E-state index contributed by atoms with van der Waals surface area (Å²) in [6.07, 6.45) is 3.21. The van der Waals surface area contributed by atoms with Gasteiger partial charge < -0.3 is 15.0 Å². The molecule has 1 N–H and O–H groups in total. The van der Waals surface area contributed by atoms with Gasteiger partial charge in [-0.25, -0.2) is 14.4 Å². The molecule has 198 valence electrons. The van der Waals surface area contributed by atoms with Crippen LogP contribution in [0.4, 0.5) is 23.4 Å². The van der Waals surface area contributed by atoms with Crippen molar-refractivity contribution in [2.24, 2.45) is 0 Å². The van der Waals surface area contributed by atoms with Crippen molar-refractivity contribution in [3.63, 3.8) is 0 Å². The molecule has 1 saturated carbocycles. The van der Waals surface area contributed by atoms with Gasteiger partial charge in [-0.2, -0.15) is 18.3 Å². The Hall–Kier alpha value is -3.21. The highest BCUT2D eigenvalue weighted by molar-refractivity contribution is 5.91. The van der Waals surface area contributed by atoms with Crippen molar-refractivity contribution in [2.75, 3.05) is 32.0 Å². The van der Waals surface area contributed by atoms with Crippen LogP contribution in [0, 0.1) is 5.82 Å². The molecule has 4 heterocycles. The molecule has 0 atom stereocenters. The number of nitrogens with one attached hydrogen (secondary N) is 1. The SMILES string of the molecule is CCNc1cc2c(cn1)c(C1=CCN(C)CC1)nn2[C@H]1CC[C@@H](Oc2nccc(C(F)(F)F)c2F)CC1. The molecule has 3 aromatic rings. The number of anilines is 1. The molecule has 0 saturated heterocycles. The fourth-order valence-electron chi connectivity index (χ4n) is 5.10. The highest BCUT2D eigenvalue weighted by atomic mass is 19.4. The summed E-state index contributed by atoms with van der Waals surface area (Å²) in [5.74, 6) is -1.28. The third kappa shape index (κ3) is 5.27. The fraction of sp³-hybridized carbons (Fsp3) is 0.500. The minimum atomic E-state index is -4.80. The van der Waals surface area contributed by atoms with Crippen LogP contribution < -0.4 is 10.1 Å². The van der Waals surface area contributed by atoms with Crippen LogP contribution >= 0.6 is 0 Å². The van der Waals surface area contributed by atoms with E-state index in [0.29, 0.717) is 31.7 Å². The number of fused-ring (bicyclic) bond motifs is 1. The van der Waals surface area contributed by atoms with Gasteiger partial charge in [0.25, 0.3) is 5.88 Å². The van der Waals surface area contributed by atoms with E-state index in [4.69, 9.17) is 9.84 Å². The molecular weight excluding hydrogens is 488 g/mol. The normalized spacial score (nSPS) is 21.2. The third-order valence-electron chi connectivity index (χ3n) is 7.10. The maximum absolute atomic E-state index is 14.4. The quantitative estimate of drug-likeness (QED) is 0.423. The summed E-state index contributed by atoms with van der Waals surface area (Å²) in [6, 6.07) is 2.73. The Bertz CT molecular complexity index is 1300. The highest BCUT2D eigenvalue weighted by Gasteiger charge is 2.36. The monoisotopic (exact) mass is 518 g/mol. The number of rotatable bonds is 6. The largest absolute Gasteiger partial charge is 0.472 e. The van der Waals surface area contributed by atoms with Crippen molar-refractivity contribution in [3.05, 3.63) is 47.7 Å². The third-order valence-corrected chi connectivity index (χ3v) is 7.10. The molecule has 0 radical (unpaired) electrons. The number of likely N-dealkylation sites (N-methyl/N-ethyl adjacent to an activating group) is 1. The van der Waals surface area contributed by atoms with E-state index in [9.17, 15) is 17.6 Å². The van der Waals surface area contributed by atoms with E-state index in [1.54, 1.807) is 0 Å². The summed E-state index contributed by atoms with van der Waals surface area (Å²) in [7, 11) is 2.09. The summed E-state index contributed by atoms with van der Waals surface area (Å²) in [6.45, 7) is 4.60. The molecule has 1 aliphatic heterocycles. The molecule has 2 aliphatic rings. The molecule has 0 bridgehead atoms. The molecule has 5 rings (SSSR count). The summed E-state index contributed by atoms with van der Waals surface area (Å²) in [4.78, 5) is 10.5. The van der Waals surface area contributed by atoms with Crippen LogP contribution in [-0.2, 0) is 6.18 Å². The lowest BCUT2D eigenvalue weighted by molar-refractivity contribution is -0.140. The molecule has 0 unspecified atom stereocenters. The van der Waals surface area contributed by atoms with Crippen molar-refractivity contribution in [3.8, 4) is 5.88 Å². The molecule has 0 aromatic carbocycles. The van der Waals surface area contributed by atoms with Crippen LogP contribution in [0.25, 0.3) is 16.5 Å². The first-order valence-corrected chi connectivity index (χ1v) is 12.6. The van der Waals surface area contributed by atoms with E-state index in [2.05, 4.69) is 38.0 Å². The van der Waals surface area contributed by atoms with Gasteiger partial charge in [-0.15, -0.1) is 0 Å². The first-order chi connectivity index (χ1) is 17.7. The highest BCUT2D eigenvalue weighted by Crippen LogP contribution is 2.38. The molecule has 7 nitrogen and oxygen atoms in total. The Morgan fingerprint density at radius 1 is 1.16 bits per heavy atom. The van der Waals surface area contributed by atoms with E-state index in [1.165, 1.54) is 5.57 Å². The van der Waals surface area contributed by atoms with Crippen LogP contribution in [0.3, 0.4) is 0 Å². The van der Waals surface area contributed by atoms with Gasteiger partial charge in [0.2, 0.25) is 0 Å². The van der Waals surface area contributed by atoms with Gasteiger partial charge in [0.15, 0.2) is 5.82 Å². The Labute approximate surface area is 212 Å². The van der Waals surface area contributed by atoms with E-state index in [1.807, 2.05) is 19.2 Å². The lowest BCUT2D eigenvalue weighted by atomic mass is 9.93. The fourth-order valence-corrected chi connectivity index (χ4v) is 5.10. The number of hydrogen-bond acceptors (Lipinski definition) is 6. The number of nitrogens with zero attached hydrogens (tertiary/aromatic N) is 5. The van der Waals surface area contributed by atoms with E-state index in [0.717, 1.165) is 54.7 Å². The molecule has 1 aliphatic carbocycles. The zero-order valence-corrected chi connectivity index (χ0v) is 20.9. The molecule has 1 fully saturated rings. The van der Waals surface area contributed by atoms with Crippen molar-refractivity contribution < 1.29 is 22.3 Å². The maximum Gasteiger partial charge on any atom is 0.419 e. The number of hydrogen-bond donors (Lipinski definition) is 1. The first kappa shape index (κ1) is 25.4. The van der Waals surface area contributed by atoms with Crippen LogP contribution in [-0.4, -0.2) is 57.4 Å². The first-order valence-electron chi connectivity index (χ1n) is 12.6. The molecule has 0 spiro atoms. The molecule has 11 heteroatoms. The van der Waals surface area contributed by atoms with Gasteiger partial charge >= 0.3 is 6.18 Å². The number of ether oxygens (including phenoxy) is 1. The predicted octanol–water partition coefficient (Wildman–Crippen LogP) is 5.70. The Kier molecular flexibility index (Phi) is 7.06. The van der Waals surface area contributed by atoms with Crippen LogP contribution in [0.1, 0.15) is 56.3 Å². The second kappa shape index (κ2) is 10.3. The van der Waals surface area contributed by atoms with Gasteiger partial charge in [-0.05, 0) is 57.7 Å². The Morgan fingerprint density at radius 2 is 1.95 bits per heavy atom. The number of pyridine rings is 2. The predicted molar refractivity (Wildman–Crippen MR) is 133 cm³/mol. The van der Waals surface area contributed by atoms with Gasteiger partial charge in [0.1, 0.15) is 11.9 Å². The van der Waals surface area contributed by atoms with Gasteiger partial charge in [-0.3, -0.25) is 4.68 Å². The van der Waals surface area contributed by atoms with Gasteiger partial charge in [0.05, 0.1) is 22.8 Å². The maximum atomic E-state index is 14.4. The van der Waals surface area contributed by atoms with Gasteiger partial charge in [-0.1, -0.05) is 6.08 Å². The summed E-state index contributed by atoms with van der Waals surface area (Å²) in [5.41, 5.74) is 1.79. The number of aromatic nitrogens is 4. The number of halogens is 4. The number of alkyl halides is 3. The minimum Gasteiger partial charge on any atom is -0.472 e. The standard InChI is InChI=1S/C26H30F4N6O/c1-3-31-22-14-21-19(15-33-22)24(16-9-12-35(2)13-10-16)34-36(21)17-4-6-18(7-5-17)37-25-23(27)20(8-11-32-25)26(28,29)30/h8-9,11,14-15,17-18H,3-7,10,12-13H2,1-2H3,(H,31,33)/t17-,18+. The molecular formula is C26H30F4N6O. The summed E-state index contributed by atoms with van der Waals surface area (Å²) >= 11 is 0. The lowest BCUT2D eigenvalue weighted by Gasteiger charge is -2.29. The zero-order chi connectivity index (χ0) is 26.2. The molecule has 3 aromatic heterocycles. The van der Waals surface area contributed by atoms with Crippen LogP contribution in [0.2, 0.25) is 0 Å². The van der Waals surface area contributed by atoms with Crippen molar-refractivity contribution in [1.82, 2.24) is 24.6 Å². The van der Waals surface area contributed by atoms with Crippen molar-refractivity contribution in [1.29, 1.82) is 0 Å².